The minimum atomic E-state index is -0.940. The first-order valence-corrected chi connectivity index (χ1v) is 10.8. The van der Waals surface area contributed by atoms with E-state index in [4.69, 9.17) is 4.74 Å². The number of ether oxygens (including phenoxy) is 2. The number of hydrogen-bond acceptors (Lipinski definition) is 6. The molecule has 2 atom stereocenters. The van der Waals surface area contributed by atoms with Gasteiger partial charge in [-0.1, -0.05) is 6.07 Å². The van der Waals surface area contributed by atoms with Gasteiger partial charge in [0.15, 0.2) is 11.6 Å². The maximum atomic E-state index is 12.5. The largest absolute Gasteiger partial charge is 0.494 e. The zero-order valence-electron chi connectivity index (χ0n) is 18.6. The van der Waals surface area contributed by atoms with Gasteiger partial charge in [-0.25, -0.2) is 4.39 Å². The van der Waals surface area contributed by atoms with Crippen LogP contribution >= 0.6 is 0 Å². The first kappa shape index (κ1) is 24.5. The van der Waals surface area contributed by atoms with Crippen LogP contribution in [-0.4, -0.2) is 67.2 Å². The van der Waals surface area contributed by atoms with E-state index < -0.39 is 17.7 Å². The normalized spacial score (nSPS) is 19.9. The van der Waals surface area contributed by atoms with Crippen LogP contribution in [0.1, 0.15) is 30.3 Å². The van der Waals surface area contributed by atoms with Crippen LogP contribution in [-0.2, 0) is 9.53 Å². The van der Waals surface area contributed by atoms with Crippen LogP contribution in [0.15, 0.2) is 36.5 Å². The van der Waals surface area contributed by atoms with E-state index in [-0.39, 0.29) is 23.7 Å². The number of amides is 2. The summed E-state index contributed by atoms with van der Waals surface area (Å²) in [6.07, 6.45) is 2.87. The molecule has 0 spiro atoms. The predicted molar refractivity (Wildman–Crippen MR) is 118 cm³/mol. The summed E-state index contributed by atoms with van der Waals surface area (Å²) in [6.45, 7) is 4.89. The van der Waals surface area contributed by atoms with Crippen molar-refractivity contribution in [3.05, 3.63) is 53.9 Å². The Morgan fingerprint density at radius 1 is 1.21 bits per heavy atom. The number of anilines is 1. The van der Waals surface area contributed by atoms with Gasteiger partial charge in [0.2, 0.25) is 5.82 Å². The molecule has 2 amide bonds. The van der Waals surface area contributed by atoms with E-state index in [1.807, 2.05) is 6.92 Å². The molecule has 178 valence electrons. The summed E-state index contributed by atoms with van der Waals surface area (Å²) in [4.78, 5) is 30.5. The van der Waals surface area contributed by atoms with Crippen molar-refractivity contribution in [3.63, 3.8) is 0 Å². The van der Waals surface area contributed by atoms with Crippen LogP contribution in [0, 0.1) is 11.6 Å². The van der Waals surface area contributed by atoms with Crippen LogP contribution < -0.4 is 15.4 Å². The Bertz CT molecular complexity index is 969. The molecule has 33 heavy (non-hydrogen) atoms. The van der Waals surface area contributed by atoms with E-state index in [1.54, 1.807) is 23.2 Å². The third-order valence-electron chi connectivity index (χ3n) is 5.31. The van der Waals surface area contributed by atoms with Gasteiger partial charge in [0, 0.05) is 38.1 Å². The smallest absolute Gasteiger partial charge is 0.272 e. The number of piperazine rings is 1. The summed E-state index contributed by atoms with van der Waals surface area (Å²) in [7, 11) is 1.29. The van der Waals surface area contributed by atoms with Gasteiger partial charge >= 0.3 is 0 Å². The van der Waals surface area contributed by atoms with Gasteiger partial charge < -0.3 is 25.0 Å². The van der Waals surface area contributed by atoms with Crippen molar-refractivity contribution < 1.29 is 27.8 Å². The Hall–Kier alpha value is -3.11. The first-order valence-electron chi connectivity index (χ1n) is 10.8. The second-order valence-corrected chi connectivity index (χ2v) is 7.73. The highest BCUT2D eigenvalue weighted by atomic mass is 19.2. The summed E-state index contributed by atoms with van der Waals surface area (Å²) in [6, 6.07) is 7.10. The summed E-state index contributed by atoms with van der Waals surface area (Å²) in [5, 5.41) is 6.02. The Labute approximate surface area is 191 Å². The number of methoxy groups -OCH3 is 1. The molecule has 2 N–H and O–H groups in total. The quantitative estimate of drug-likeness (QED) is 0.726. The first-order chi connectivity index (χ1) is 15.9. The molecule has 4 rings (SSSR count). The van der Waals surface area contributed by atoms with E-state index in [2.05, 4.69) is 20.4 Å². The molecule has 3 heterocycles. The second-order valence-electron chi connectivity index (χ2n) is 7.73. The Kier molecular flexibility index (Phi) is 8.67. The van der Waals surface area contributed by atoms with E-state index in [0.29, 0.717) is 24.5 Å². The SMILES string of the molecule is CC1CCC(C(=O)Nc2ccnc(C(=O)N3CCNCC3)c2)O1.COc1cccc(F)c1F. The third kappa shape index (κ3) is 6.69. The number of halogens is 2. The molecule has 2 aliphatic rings. The van der Waals surface area contributed by atoms with Gasteiger partial charge in [-0.15, -0.1) is 0 Å². The van der Waals surface area contributed by atoms with Crippen LogP contribution in [0.4, 0.5) is 14.5 Å². The lowest BCUT2D eigenvalue weighted by molar-refractivity contribution is -0.126. The van der Waals surface area contributed by atoms with Crippen molar-refractivity contribution in [1.29, 1.82) is 0 Å². The molecule has 2 fully saturated rings. The molecule has 8 nitrogen and oxygen atoms in total. The Balaban J connectivity index is 0.000000257. The second kappa shape index (κ2) is 11.7. The van der Waals surface area contributed by atoms with Gasteiger partial charge in [0.25, 0.3) is 11.8 Å². The number of rotatable bonds is 4. The van der Waals surface area contributed by atoms with E-state index in [9.17, 15) is 18.4 Å². The lowest BCUT2D eigenvalue weighted by Gasteiger charge is -2.27. The highest BCUT2D eigenvalue weighted by Gasteiger charge is 2.28. The lowest BCUT2D eigenvalue weighted by Crippen LogP contribution is -2.46. The van der Waals surface area contributed by atoms with Crippen LogP contribution in [0.25, 0.3) is 0 Å². The zero-order valence-corrected chi connectivity index (χ0v) is 18.6. The number of aromatic nitrogens is 1. The molecular weight excluding hydrogens is 434 g/mol. The fourth-order valence-electron chi connectivity index (χ4n) is 3.52. The van der Waals surface area contributed by atoms with Crippen molar-refractivity contribution in [2.75, 3.05) is 38.6 Å². The molecule has 0 aliphatic carbocycles. The average Bonchev–Trinajstić information content (AvgIpc) is 3.28. The van der Waals surface area contributed by atoms with Crippen molar-refractivity contribution in [1.82, 2.24) is 15.2 Å². The standard InChI is InChI=1S/C16H22N4O3.C7H6F2O/c1-11-2-3-14(23-11)15(21)19-12-4-5-18-13(10-12)16(22)20-8-6-17-7-9-20;1-10-6-4-2-3-5(8)7(6)9/h4-5,10-11,14,17H,2-3,6-9H2,1H3,(H,18,19,21);2-4H,1H3. The minimum absolute atomic E-state index is 0.0694. The van der Waals surface area contributed by atoms with Crippen molar-refractivity contribution in [3.8, 4) is 5.75 Å². The minimum Gasteiger partial charge on any atom is -0.494 e. The van der Waals surface area contributed by atoms with Gasteiger partial charge in [-0.2, -0.15) is 4.39 Å². The average molecular weight is 462 g/mol. The van der Waals surface area contributed by atoms with Gasteiger partial charge in [0.1, 0.15) is 11.8 Å². The van der Waals surface area contributed by atoms with E-state index >= 15 is 0 Å². The maximum Gasteiger partial charge on any atom is 0.272 e. The molecule has 2 unspecified atom stereocenters. The van der Waals surface area contributed by atoms with Crippen molar-refractivity contribution in [2.45, 2.75) is 32.0 Å². The number of carbonyl (C=O) groups excluding carboxylic acids is 2. The Morgan fingerprint density at radius 2 is 1.97 bits per heavy atom. The molecule has 1 aromatic carbocycles. The summed E-state index contributed by atoms with van der Waals surface area (Å²) >= 11 is 0. The maximum absolute atomic E-state index is 12.5. The molecule has 2 aromatic rings. The highest BCUT2D eigenvalue weighted by Crippen LogP contribution is 2.21. The summed E-state index contributed by atoms with van der Waals surface area (Å²) in [5.74, 6) is -2.17. The number of nitrogens with one attached hydrogen (secondary N) is 2. The van der Waals surface area contributed by atoms with E-state index in [0.717, 1.165) is 32.0 Å². The van der Waals surface area contributed by atoms with Gasteiger partial charge in [0.05, 0.1) is 13.2 Å². The third-order valence-corrected chi connectivity index (χ3v) is 5.31. The highest BCUT2D eigenvalue weighted by molar-refractivity contribution is 5.97. The molecule has 0 bridgehead atoms. The summed E-state index contributed by atoms with van der Waals surface area (Å²) in [5.41, 5.74) is 0.928. The van der Waals surface area contributed by atoms with Crippen LogP contribution in [0.3, 0.4) is 0 Å². The van der Waals surface area contributed by atoms with Gasteiger partial charge in [-0.3, -0.25) is 14.6 Å². The lowest BCUT2D eigenvalue weighted by atomic mass is 10.2. The van der Waals surface area contributed by atoms with Gasteiger partial charge in [-0.05, 0) is 44.0 Å². The van der Waals surface area contributed by atoms with E-state index in [1.165, 1.54) is 19.2 Å². The Morgan fingerprint density at radius 3 is 2.61 bits per heavy atom. The van der Waals surface area contributed by atoms with Crippen molar-refractivity contribution in [2.24, 2.45) is 0 Å². The van der Waals surface area contributed by atoms with Crippen LogP contribution in [0.2, 0.25) is 0 Å². The number of benzene rings is 1. The molecule has 1 aromatic heterocycles. The molecule has 2 aliphatic heterocycles. The molecule has 0 radical (unpaired) electrons. The predicted octanol–water partition coefficient (Wildman–Crippen LogP) is 2.61. The number of hydrogen-bond donors (Lipinski definition) is 2. The number of pyridine rings is 1. The number of carbonyl (C=O) groups is 2. The topological polar surface area (TPSA) is 92.8 Å². The molecule has 2 saturated heterocycles. The monoisotopic (exact) mass is 462 g/mol. The van der Waals surface area contributed by atoms with Crippen LogP contribution in [0.5, 0.6) is 5.75 Å². The molecular formula is C23H28F2N4O4. The molecule has 0 saturated carbocycles. The fourth-order valence-corrected chi connectivity index (χ4v) is 3.52. The molecule has 10 heteroatoms. The zero-order chi connectivity index (χ0) is 23.8. The summed E-state index contributed by atoms with van der Waals surface area (Å²) < 4.78 is 34.9. The fraction of sp³-hybridized carbons (Fsp3) is 0.435. The number of nitrogens with zero attached hydrogens (tertiary/aromatic N) is 2. The van der Waals surface area contributed by atoms with Crippen molar-refractivity contribution >= 4 is 17.5 Å².